The first kappa shape index (κ1) is 16.6. The highest BCUT2D eigenvalue weighted by molar-refractivity contribution is 7.98. The van der Waals surface area contributed by atoms with Crippen LogP contribution in [0.4, 0.5) is 5.69 Å². The van der Waals surface area contributed by atoms with Crippen LogP contribution in [0.5, 0.6) is 0 Å². The summed E-state index contributed by atoms with van der Waals surface area (Å²) in [4.78, 5) is 16.0. The third-order valence-corrected chi connectivity index (χ3v) is 5.09. The number of thioether (sulfide) groups is 1. The lowest BCUT2D eigenvalue weighted by Crippen LogP contribution is -2.43. The zero-order chi connectivity index (χ0) is 16.1. The number of benzene rings is 1. The van der Waals surface area contributed by atoms with E-state index in [4.69, 9.17) is 4.74 Å². The number of hydrogen-bond acceptors (Lipinski definition) is 5. The Morgan fingerprint density at radius 2 is 2.22 bits per heavy atom. The van der Waals surface area contributed by atoms with E-state index in [0.717, 1.165) is 61.8 Å². The van der Waals surface area contributed by atoms with E-state index in [1.54, 1.807) is 11.8 Å². The molecule has 23 heavy (non-hydrogen) atoms. The highest BCUT2D eigenvalue weighted by Gasteiger charge is 2.18. The molecule has 2 N–H and O–H groups in total. The van der Waals surface area contributed by atoms with Crippen LogP contribution in [0.2, 0.25) is 0 Å². The quantitative estimate of drug-likeness (QED) is 0.803. The molecule has 1 atom stereocenters. The van der Waals surface area contributed by atoms with Crippen molar-refractivity contribution in [1.29, 1.82) is 0 Å². The lowest BCUT2D eigenvalue weighted by atomic mass is 10.1. The van der Waals surface area contributed by atoms with Crippen molar-refractivity contribution in [3.63, 3.8) is 0 Å². The highest BCUT2D eigenvalue weighted by Crippen LogP contribution is 2.25. The first-order valence-corrected chi connectivity index (χ1v) is 9.53. The average molecular weight is 335 g/mol. The molecule has 2 aliphatic rings. The summed E-state index contributed by atoms with van der Waals surface area (Å²) in [5, 5.41) is 6.38. The minimum Gasteiger partial charge on any atom is -0.376 e. The molecule has 1 amide bonds. The molecule has 3 rings (SSSR count). The maximum absolute atomic E-state index is 12.5. The van der Waals surface area contributed by atoms with Gasteiger partial charge in [0.2, 0.25) is 0 Å². The first-order valence-electron chi connectivity index (χ1n) is 8.31. The van der Waals surface area contributed by atoms with Crippen molar-refractivity contribution < 1.29 is 9.53 Å². The number of anilines is 1. The number of nitrogens with one attached hydrogen (secondary N) is 2. The molecule has 126 valence electrons. The van der Waals surface area contributed by atoms with Crippen LogP contribution >= 0.6 is 11.8 Å². The maximum atomic E-state index is 12.5. The Balaban J connectivity index is 1.70. The molecule has 0 bridgehead atoms. The zero-order valence-corrected chi connectivity index (χ0v) is 14.5. The van der Waals surface area contributed by atoms with Gasteiger partial charge in [-0.3, -0.25) is 4.79 Å². The van der Waals surface area contributed by atoms with E-state index in [1.807, 2.05) is 18.4 Å². The largest absolute Gasteiger partial charge is 0.376 e. The fourth-order valence-electron chi connectivity index (χ4n) is 3.05. The molecule has 2 aliphatic heterocycles. The van der Waals surface area contributed by atoms with Crippen molar-refractivity contribution in [1.82, 2.24) is 10.6 Å². The predicted octanol–water partition coefficient (Wildman–Crippen LogP) is 1.73. The second-order valence-electron chi connectivity index (χ2n) is 6.00. The van der Waals surface area contributed by atoms with E-state index in [1.165, 1.54) is 0 Å². The second-order valence-corrected chi connectivity index (χ2v) is 6.88. The Labute approximate surface area is 142 Å². The molecule has 0 spiro atoms. The fraction of sp³-hybridized carbons (Fsp3) is 0.588. The Hall–Kier alpha value is -1.24. The first-order chi connectivity index (χ1) is 11.3. The molecule has 1 aromatic carbocycles. The van der Waals surface area contributed by atoms with Crippen LogP contribution in [-0.4, -0.2) is 57.6 Å². The summed E-state index contributed by atoms with van der Waals surface area (Å²) in [6, 6.07) is 6.16. The molecule has 6 heteroatoms. The van der Waals surface area contributed by atoms with Gasteiger partial charge in [0, 0.05) is 55.5 Å². The number of carbonyl (C=O) groups excluding carboxylic acids is 1. The summed E-state index contributed by atoms with van der Waals surface area (Å²) in [5.41, 5.74) is 1.88. The molecule has 2 heterocycles. The molecular weight excluding hydrogens is 310 g/mol. The van der Waals surface area contributed by atoms with E-state index < -0.39 is 0 Å². The minimum atomic E-state index is -0.00668. The van der Waals surface area contributed by atoms with Gasteiger partial charge >= 0.3 is 0 Å². The Bertz CT molecular complexity index is 541. The van der Waals surface area contributed by atoms with Crippen LogP contribution in [0.3, 0.4) is 0 Å². The average Bonchev–Trinajstić information content (AvgIpc) is 3.13. The molecule has 2 fully saturated rings. The molecule has 1 unspecified atom stereocenters. The van der Waals surface area contributed by atoms with Gasteiger partial charge in [0.15, 0.2) is 0 Å². The van der Waals surface area contributed by atoms with Crippen LogP contribution in [0, 0.1) is 0 Å². The smallest absolute Gasteiger partial charge is 0.251 e. The van der Waals surface area contributed by atoms with Crippen LogP contribution in [0.1, 0.15) is 23.2 Å². The van der Waals surface area contributed by atoms with Crippen LogP contribution < -0.4 is 15.5 Å². The highest BCUT2D eigenvalue weighted by atomic mass is 32.2. The van der Waals surface area contributed by atoms with Gasteiger partial charge in [-0.1, -0.05) is 0 Å². The van der Waals surface area contributed by atoms with E-state index in [9.17, 15) is 4.79 Å². The van der Waals surface area contributed by atoms with Gasteiger partial charge < -0.3 is 20.3 Å². The molecular formula is C17H25N3O2S. The summed E-state index contributed by atoms with van der Waals surface area (Å²) in [5.74, 6) is -0.00668. The van der Waals surface area contributed by atoms with Crippen molar-refractivity contribution in [2.75, 3.05) is 50.5 Å². The third kappa shape index (κ3) is 4.40. The lowest BCUT2D eigenvalue weighted by Gasteiger charge is -2.30. The number of hydrogen-bond donors (Lipinski definition) is 2. The summed E-state index contributed by atoms with van der Waals surface area (Å²) in [6.45, 7) is 5.36. The third-order valence-electron chi connectivity index (χ3n) is 4.39. The monoisotopic (exact) mass is 335 g/mol. The van der Waals surface area contributed by atoms with Crippen molar-refractivity contribution in [3.8, 4) is 0 Å². The molecule has 2 saturated heterocycles. The number of nitrogens with zero attached hydrogens (tertiary/aromatic N) is 1. The number of carbonyl (C=O) groups is 1. The SMILES string of the molecule is CSc1cc(C(=O)NCC2CCCO2)cc(N2CCNCC2)c1. The molecule has 0 saturated carbocycles. The van der Waals surface area contributed by atoms with Gasteiger partial charge in [0.25, 0.3) is 5.91 Å². The topological polar surface area (TPSA) is 53.6 Å². The maximum Gasteiger partial charge on any atom is 0.251 e. The van der Waals surface area contributed by atoms with Crippen LogP contribution in [0.25, 0.3) is 0 Å². The summed E-state index contributed by atoms with van der Waals surface area (Å²) < 4.78 is 5.57. The number of amides is 1. The van der Waals surface area contributed by atoms with Crippen molar-refractivity contribution in [3.05, 3.63) is 23.8 Å². The normalized spacial score (nSPS) is 21.4. The Kier molecular flexibility index (Phi) is 5.80. The fourth-order valence-corrected chi connectivity index (χ4v) is 3.54. The number of ether oxygens (including phenoxy) is 1. The summed E-state index contributed by atoms with van der Waals surface area (Å²) >= 11 is 1.67. The van der Waals surface area contributed by atoms with Crippen molar-refractivity contribution in [2.24, 2.45) is 0 Å². The van der Waals surface area contributed by atoms with Crippen LogP contribution in [0.15, 0.2) is 23.1 Å². The molecule has 0 radical (unpaired) electrons. The lowest BCUT2D eigenvalue weighted by molar-refractivity contribution is 0.0857. The Morgan fingerprint density at radius 3 is 2.91 bits per heavy atom. The van der Waals surface area contributed by atoms with Gasteiger partial charge in [-0.15, -0.1) is 11.8 Å². The molecule has 5 nitrogen and oxygen atoms in total. The van der Waals surface area contributed by atoms with Crippen molar-refractivity contribution in [2.45, 2.75) is 23.8 Å². The van der Waals surface area contributed by atoms with E-state index in [-0.39, 0.29) is 12.0 Å². The van der Waals surface area contributed by atoms with Crippen LogP contribution in [-0.2, 0) is 4.74 Å². The van der Waals surface area contributed by atoms with E-state index in [2.05, 4.69) is 21.6 Å². The van der Waals surface area contributed by atoms with Gasteiger partial charge in [0.05, 0.1) is 6.10 Å². The predicted molar refractivity (Wildman–Crippen MR) is 94.6 cm³/mol. The van der Waals surface area contributed by atoms with Gasteiger partial charge in [-0.25, -0.2) is 0 Å². The van der Waals surface area contributed by atoms with E-state index in [0.29, 0.717) is 6.54 Å². The Morgan fingerprint density at radius 1 is 1.39 bits per heavy atom. The van der Waals surface area contributed by atoms with E-state index >= 15 is 0 Å². The molecule has 0 aromatic heterocycles. The zero-order valence-electron chi connectivity index (χ0n) is 13.6. The van der Waals surface area contributed by atoms with Crippen molar-refractivity contribution >= 4 is 23.4 Å². The number of piperazine rings is 1. The number of rotatable bonds is 5. The van der Waals surface area contributed by atoms with Gasteiger partial charge in [-0.05, 0) is 37.3 Å². The second kappa shape index (κ2) is 8.04. The van der Waals surface area contributed by atoms with Gasteiger partial charge in [-0.2, -0.15) is 0 Å². The molecule has 1 aromatic rings. The standard InChI is InChI=1S/C17H25N3O2S/c1-23-16-10-13(17(21)19-12-15-3-2-8-22-15)9-14(11-16)20-6-4-18-5-7-20/h9-11,15,18H,2-8,12H2,1H3,(H,19,21). The molecule has 0 aliphatic carbocycles. The summed E-state index contributed by atoms with van der Waals surface area (Å²) in [6.07, 6.45) is 4.35. The summed E-state index contributed by atoms with van der Waals surface area (Å²) in [7, 11) is 0. The van der Waals surface area contributed by atoms with Gasteiger partial charge in [0.1, 0.15) is 0 Å². The minimum absolute atomic E-state index is 0.00668.